The summed E-state index contributed by atoms with van der Waals surface area (Å²) in [6, 6.07) is 8.85. The van der Waals surface area contributed by atoms with Crippen LogP contribution < -0.4 is 4.74 Å². The van der Waals surface area contributed by atoms with Crippen LogP contribution in [0.5, 0.6) is 5.75 Å². The topological polar surface area (TPSA) is 29.5 Å². The van der Waals surface area contributed by atoms with Crippen LogP contribution >= 0.6 is 0 Å². The van der Waals surface area contributed by atoms with Gasteiger partial charge in [0.2, 0.25) is 0 Å². The third-order valence-corrected chi connectivity index (χ3v) is 2.57. The minimum absolute atomic E-state index is 0.0132. The van der Waals surface area contributed by atoms with E-state index in [1.165, 1.54) is 24.3 Å². The monoisotopic (exact) mass is 268 g/mol. The Labute approximate surface area is 108 Å². The van der Waals surface area contributed by atoms with E-state index < -0.39 is 35.9 Å². The molecule has 2 rings (SSSR count). The van der Waals surface area contributed by atoms with Gasteiger partial charge in [-0.1, -0.05) is 24.3 Å². The van der Waals surface area contributed by atoms with Gasteiger partial charge in [0.15, 0.2) is 17.4 Å². The molecule has 0 aliphatic rings. The van der Waals surface area contributed by atoms with Crippen molar-refractivity contribution in [2.24, 2.45) is 0 Å². The van der Waals surface area contributed by atoms with Crippen LogP contribution in [0.1, 0.15) is 11.7 Å². The molecule has 0 amide bonds. The van der Waals surface area contributed by atoms with E-state index in [2.05, 4.69) is 0 Å². The van der Waals surface area contributed by atoms with E-state index in [1.807, 2.05) is 0 Å². The second kappa shape index (κ2) is 5.75. The molecule has 2 aromatic carbocycles. The van der Waals surface area contributed by atoms with Crippen LogP contribution in [0.25, 0.3) is 0 Å². The molecule has 5 heteroatoms. The Morgan fingerprint density at radius 1 is 0.895 bits per heavy atom. The Bertz CT molecular complexity index is 552. The van der Waals surface area contributed by atoms with Gasteiger partial charge < -0.3 is 9.84 Å². The molecule has 0 aliphatic carbocycles. The molecule has 0 aliphatic heterocycles. The van der Waals surface area contributed by atoms with Crippen LogP contribution in [0.15, 0.2) is 42.5 Å². The van der Waals surface area contributed by atoms with Crippen molar-refractivity contribution in [3.63, 3.8) is 0 Å². The number of ether oxygens (including phenoxy) is 1. The van der Waals surface area contributed by atoms with Crippen molar-refractivity contribution >= 4 is 0 Å². The highest BCUT2D eigenvalue weighted by molar-refractivity contribution is 5.26. The van der Waals surface area contributed by atoms with Crippen LogP contribution in [-0.2, 0) is 0 Å². The molecule has 0 radical (unpaired) electrons. The zero-order chi connectivity index (χ0) is 13.8. The molecule has 2 aromatic rings. The molecule has 0 bridgehead atoms. The van der Waals surface area contributed by atoms with Crippen LogP contribution in [0.4, 0.5) is 13.2 Å². The highest BCUT2D eigenvalue weighted by atomic mass is 19.1. The molecular weight excluding hydrogens is 257 g/mol. The van der Waals surface area contributed by atoms with Crippen molar-refractivity contribution in [2.75, 3.05) is 6.61 Å². The van der Waals surface area contributed by atoms with Gasteiger partial charge in [0.05, 0.1) is 0 Å². The average Bonchev–Trinajstić information content (AvgIpc) is 2.38. The molecule has 0 fully saturated rings. The highest BCUT2D eigenvalue weighted by Gasteiger charge is 2.16. The Hall–Kier alpha value is -2.01. The number of halogens is 3. The fourth-order valence-corrected chi connectivity index (χ4v) is 1.62. The van der Waals surface area contributed by atoms with Crippen molar-refractivity contribution in [2.45, 2.75) is 6.10 Å². The van der Waals surface area contributed by atoms with E-state index in [-0.39, 0.29) is 5.56 Å². The number of hydrogen-bond acceptors (Lipinski definition) is 2. The second-order valence-electron chi connectivity index (χ2n) is 3.90. The number of aliphatic hydroxyl groups is 1. The molecule has 1 unspecified atom stereocenters. The first kappa shape index (κ1) is 13.4. The highest BCUT2D eigenvalue weighted by Crippen LogP contribution is 2.23. The van der Waals surface area contributed by atoms with Crippen molar-refractivity contribution in [3.8, 4) is 5.75 Å². The first-order chi connectivity index (χ1) is 9.09. The molecule has 19 heavy (non-hydrogen) atoms. The number of benzene rings is 2. The van der Waals surface area contributed by atoms with Crippen LogP contribution in [0, 0.1) is 17.5 Å². The van der Waals surface area contributed by atoms with Crippen molar-refractivity contribution in [1.82, 2.24) is 0 Å². The number of rotatable bonds is 4. The third-order valence-electron chi connectivity index (χ3n) is 2.57. The van der Waals surface area contributed by atoms with Gasteiger partial charge in [0.25, 0.3) is 0 Å². The predicted octanol–water partition coefficient (Wildman–Crippen LogP) is 3.22. The van der Waals surface area contributed by atoms with Crippen molar-refractivity contribution in [1.29, 1.82) is 0 Å². The maximum Gasteiger partial charge on any atom is 0.190 e. The first-order valence-corrected chi connectivity index (χ1v) is 5.59. The Morgan fingerprint density at radius 2 is 1.47 bits per heavy atom. The fourth-order valence-electron chi connectivity index (χ4n) is 1.62. The molecule has 0 spiro atoms. The molecule has 0 saturated heterocycles. The average molecular weight is 268 g/mol. The normalized spacial score (nSPS) is 12.2. The van der Waals surface area contributed by atoms with Crippen molar-refractivity contribution in [3.05, 3.63) is 65.5 Å². The van der Waals surface area contributed by atoms with E-state index >= 15 is 0 Å². The summed E-state index contributed by atoms with van der Waals surface area (Å²) >= 11 is 0. The minimum Gasteiger partial charge on any atom is -0.484 e. The number of para-hydroxylation sites is 1. The van der Waals surface area contributed by atoms with Gasteiger partial charge in [-0.3, -0.25) is 0 Å². The molecule has 0 heterocycles. The third kappa shape index (κ3) is 3.06. The standard InChI is InChI=1S/C14H11F3O2/c15-10-5-2-1-4-9(10)13(18)8-19-14-11(16)6-3-7-12(14)17/h1-7,13,18H,8H2. The van der Waals surface area contributed by atoms with Crippen LogP contribution in [-0.4, -0.2) is 11.7 Å². The van der Waals surface area contributed by atoms with Gasteiger partial charge in [0.1, 0.15) is 18.5 Å². The van der Waals surface area contributed by atoms with Gasteiger partial charge in [-0.25, -0.2) is 13.2 Å². The molecule has 2 nitrogen and oxygen atoms in total. The smallest absolute Gasteiger partial charge is 0.190 e. The fraction of sp³-hybridized carbons (Fsp3) is 0.143. The molecule has 1 N–H and O–H groups in total. The Kier molecular flexibility index (Phi) is 4.06. The van der Waals surface area contributed by atoms with E-state index in [9.17, 15) is 18.3 Å². The lowest BCUT2D eigenvalue weighted by Crippen LogP contribution is -2.12. The van der Waals surface area contributed by atoms with Gasteiger partial charge in [-0.05, 0) is 18.2 Å². The molecule has 0 aromatic heterocycles. The second-order valence-corrected chi connectivity index (χ2v) is 3.90. The molecule has 0 saturated carbocycles. The van der Waals surface area contributed by atoms with Gasteiger partial charge in [-0.2, -0.15) is 0 Å². The zero-order valence-electron chi connectivity index (χ0n) is 9.82. The van der Waals surface area contributed by atoms with Crippen molar-refractivity contribution < 1.29 is 23.0 Å². The van der Waals surface area contributed by atoms with Crippen LogP contribution in [0.2, 0.25) is 0 Å². The maximum atomic E-state index is 13.4. The quantitative estimate of drug-likeness (QED) is 0.922. The van der Waals surface area contributed by atoms with Gasteiger partial charge in [0, 0.05) is 5.56 Å². The SMILES string of the molecule is OC(COc1c(F)cccc1F)c1ccccc1F. The van der Waals surface area contributed by atoms with E-state index in [1.54, 1.807) is 6.07 Å². The Balaban J connectivity index is 2.09. The lowest BCUT2D eigenvalue weighted by molar-refractivity contribution is 0.1000. The van der Waals surface area contributed by atoms with E-state index in [0.717, 1.165) is 12.1 Å². The summed E-state index contributed by atoms with van der Waals surface area (Å²) in [7, 11) is 0. The van der Waals surface area contributed by atoms with E-state index in [4.69, 9.17) is 4.74 Å². The Morgan fingerprint density at radius 3 is 2.11 bits per heavy atom. The summed E-state index contributed by atoms with van der Waals surface area (Å²) in [6.07, 6.45) is -1.31. The summed E-state index contributed by atoms with van der Waals surface area (Å²) in [4.78, 5) is 0. The summed E-state index contributed by atoms with van der Waals surface area (Å²) in [6.45, 7) is -0.446. The molecule has 100 valence electrons. The predicted molar refractivity (Wildman–Crippen MR) is 63.2 cm³/mol. The minimum atomic E-state index is -1.31. The summed E-state index contributed by atoms with van der Waals surface area (Å²) in [5, 5.41) is 9.73. The zero-order valence-corrected chi connectivity index (χ0v) is 9.82. The first-order valence-electron chi connectivity index (χ1n) is 5.59. The lowest BCUT2D eigenvalue weighted by atomic mass is 10.1. The van der Waals surface area contributed by atoms with Gasteiger partial charge in [-0.15, -0.1) is 0 Å². The molecular formula is C14H11F3O2. The van der Waals surface area contributed by atoms with Crippen LogP contribution in [0.3, 0.4) is 0 Å². The number of hydrogen-bond donors (Lipinski definition) is 1. The molecule has 1 atom stereocenters. The number of aliphatic hydroxyl groups excluding tert-OH is 1. The maximum absolute atomic E-state index is 13.4. The largest absolute Gasteiger partial charge is 0.484 e. The summed E-state index contributed by atoms with van der Waals surface area (Å²) in [5.41, 5.74) is 0.0132. The summed E-state index contributed by atoms with van der Waals surface area (Å²) in [5.74, 6) is -2.94. The summed E-state index contributed by atoms with van der Waals surface area (Å²) < 4.78 is 44.8. The lowest BCUT2D eigenvalue weighted by Gasteiger charge is -2.14. The van der Waals surface area contributed by atoms with Gasteiger partial charge >= 0.3 is 0 Å². The van der Waals surface area contributed by atoms with E-state index in [0.29, 0.717) is 0 Å².